The third-order valence-electron chi connectivity index (χ3n) is 3.69. The van der Waals surface area contributed by atoms with Crippen molar-refractivity contribution in [2.75, 3.05) is 6.54 Å². The minimum atomic E-state index is -0.451. The van der Waals surface area contributed by atoms with Crippen molar-refractivity contribution in [2.24, 2.45) is 0 Å². The summed E-state index contributed by atoms with van der Waals surface area (Å²) in [5.41, 5.74) is 5.07. The van der Waals surface area contributed by atoms with Crippen LogP contribution in [0.5, 0.6) is 0 Å². The maximum absolute atomic E-state index is 12.4. The fraction of sp³-hybridized carbons (Fsp3) is 0.111. The van der Waals surface area contributed by atoms with Crippen LogP contribution < -0.4 is 10.9 Å². The number of nitrogens with zero attached hydrogens (tertiary/aromatic N) is 1. The van der Waals surface area contributed by atoms with Crippen LogP contribution in [-0.4, -0.2) is 33.5 Å². The Morgan fingerprint density at radius 3 is 2.71 bits per heavy atom. The molecule has 3 amide bonds. The predicted molar refractivity (Wildman–Crippen MR) is 113 cm³/mol. The number of carbonyl (C=O) groups excluding carboxylic acids is 3. The van der Waals surface area contributed by atoms with Crippen LogP contribution in [0.4, 0.5) is 0 Å². The minimum absolute atomic E-state index is 0.0172. The van der Waals surface area contributed by atoms with Gasteiger partial charge in [0, 0.05) is 23.5 Å². The van der Waals surface area contributed by atoms with Crippen molar-refractivity contribution in [1.82, 2.24) is 15.8 Å². The lowest BCUT2D eigenvalue weighted by atomic mass is 10.2. The molecule has 1 aromatic heterocycles. The summed E-state index contributed by atoms with van der Waals surface area (Å²) in [6.07, 6.45) is 3.10. The number of halogens is 1. The minimum Gasteiger partial charge on any atom is -0.465 e. The fourth-order valence-electron chi connectivity index (χ4n) is 2.31. The highest BCUT2D eigenvalue weighted by Gasteiger charge is 2.32. The first-order chi connectivity index (χ1) is 13.5. The molecule has 2 N–H and O–H groups in total. The molecule has 1 fully saturated rings. The van der Waals surface area contributed by atoms with Gasteiger partial charge in [-0.15, -0.1) is 0 Å². The van der Waals surface area contributed by atoms with Crippen LogP contribution >= 0.6 is 39.9 Å². The number of thioether (sulfide) groups is 1. The van der Waals surface area contributed by atoms with Crippen LogP contribution in [0.1, 0.15) is 22.5 Å². The van der Waals surface area contributed by atoms with E-state index >= 15 is 0 Å². The lowest BCUT2D eigenvalue weighted by molar-refractivity contribution is -0.124. The molecule has 0 unspecified atom stereocenters. The Morgan fingerprint density at radius 1 is 1.21 bits per heavy atom. The van der Waals surface area contributed by atoms with E-state index in [9.17, 15) is 14.4 Å². The molecule has 10 heteroatoms. The van der Waals surface area contributed by atoms with Gasteiger partial charge in [0.05, 0.1) is 16.7 Å². The summed E-state index contributed by atoms with van der Waals surface area (Å²) in [5.74, 6) is -0.623. The summed E-state index contributed by atoms with van der Waals surface area (Å²) in [6, 6.07) is 10.3. The maximum atomic E-state index is 12.4. The van der Waals surface area contributed by atoms with E-state index in [4.69, 9.17) is 16.6 Å². The van der Waals surface area contributed by atoms with Crippen molar-refractivity contribution in [2.45, 2.75) is 6.42 Å². The molecular formula is C18H14BrN3O4S2. The summed E-state index contributed by atoms with van der Waals surface area (Å²) in [4.78, 5) is 38.3. The molecule has 2 heterocycles. The van der Waals surface area contributed by atoms with Crippen LogP contribution in [0.15, 0.2) is 56.5 Å². The van der Waals surface area contributed by atoms with Gasteiger partial charge in [-0.05, 0) is 40.2 Å². The molecule has 0 bridgehead atoms. The van der Waals surface area contributed by atoms with Crippen molar-refractivity contribution >= 4 is 68.0 Å². The van der Waals surface area contributed by atoms with Gasteiger partial charge in [0.25, 0.3) is 11.8 Å². The molecular weight excluding hydrogens is 466 g/mol. The quantitative estimate of drug-likeness (QED) is 0.388. The average molecular weight is 480 g/mol. The van der Waals surface area contributed by atoms with E-state index < -0.39 is 11.8 Å². The molecule has 144 valence electrons. The third-order valence-corrected chi connectivity index (χ3v) is 5.76. The van der Waals surface area contributed by atoms with E-state index in [1.807, 2.05) is 0 Å². The number of thiocarbonyl (C=S) groups is 1. The highest BCUT2D eigenvalue weighted by Crippen LogP contribution is 2.32. The molecule has 2 aromatic rings. The Balaban J connectivity index is 1.50. The van der Waals surface area contributed by atoms with Gasteiger partial charge in [-0.1, -0.05) is 36.1 Å². The van der Waals surface area contributed by atoms with Crippen LogP contribution in [0.2, 0.25) is 0 Å². The standard InChI is InChI=1S/C18H14BrN3O4S2/c19-13-6-2-1-5-12(13)16(24)21-20-15(23)7-8-22-17(25)14(28-18(22)27)10-11-4-3-9-26-11/h1-6,9-10H,7-8H2,(H,20,23)(H,21,24)/b14-10+. The van der Waals surface area contributed by atoms with Crippen LogP contribution in [-0.2, 0) is 9.59 Å². The number of hydrogen-bond acceptors (Lipinski definition) is 6. The van der Waals surface area contributed by atoms with Gasteiger partial charge in [0.2, 0.25) is 5.91 Å². The normalized spacial score (nSPS) is 15.2. The van der Waals surface area contributed by atoms with Gasteiger partial charge < -0.3 is 4.42 Å². The van der Waals surface area contributed by atoms with E-state index in [1.165, 1.54) is 11.2 Å². The molecule has 1 aliphatic heterocycles. The Bertz CT molecular complexity index is 960. The van der Waals surface area contributed by atoms with Gasteiger partial charge in [0.1, 0.15) is 10.1 Å². The Kier molecular flexibility index (Phi) is 6.65. The number of benzene rings is 1. The summed E-state index contributed by atoms with van der Waals surface area (Å²) < 4.78 is 6.18. The van der Waals surface area contributed by atoms with Crippen molar-refractivity contribution < 1.29 is 18.8 Å². The number of amides is 3. The van der Waals surface area contributed by atoms with Gasteiger partial charge in [-0.2, -0.15) is 0 Å². The molecule has 0 radical (unpaired) electrons. The van der Waals surface area contributed by atoms with Gasteiger partial charge >= 0.3 is 0 Å². The van der Waals surface area contributed by atoms with E-state index in [-0.39, 0.29) is 18.9 Å². The molecule has 1 aliphatic rings. The third kappa shape index (κ3) is 4.89. The largest absolute Gasteiger partial charge is 0.465 e. The summed E-state index contributed by atoms with van der Waals surface area (Å²) in [5, 5.41) is 0. The first kappa shape index (κ1) is 20.3. The Hall–Kier alpha value is -2.43. The monoisotopic (exact) mass is 479 g/mol. The number of furan rings is 1. The Morgan fingerprint density at radius 2 is 2.00 bits per heavy atom. The molecule has 0 aliphatic carbocycles. The van der Waals surface area contributed by atoms with E-state index in [0.717, 1.165) is 11.8 Å². The second kappa shape index (κ2) is 9.18. The molecule has 1 aromatic carbocycles. The van der Waals surface area contributed by atoms with Crippen LogP contribution in [0.3, 0.4) is 0 Å². The molecule has 7 nitrogen and oxygen atoms in total. The number of nitrogens with one attached hydrogen (secondary N) is 2. The predicted octanol–water partition coefficient (Wildman–Crippen LogP) is 3.09. The topological polar surface area (TPSA) is 91.7 Å². The molecule has 3 rings (SSSR count). The summed E-state index contributed by atoms with van der Waals surface area (Å²) >= 11 is 9.64. The number of carbonyl (C=O) groups is 3. The molecule has 28 heavy (non-hydrogen) atoms. The van der Waals surface area contributed by atoms with Crippen molar-refractivity contribution in [3.8, 4) is 0 Å². The number of rotatable bonds is 5. The number of hydrogen-bond donors (Lipinski definition) is 2. The zero-order valence-corrected chi connectivity index (χ0v) is 17.5. The van der Waals surface area contributed by atoms with E-state index in [1.54, 1.807) is 42.5 Å². The smallest absolute Gasteiger partial charge is 0.270 e. The Labute approximate surface area is 178 Å². The second-order valence-electron chi connectivity index (χ2n) is 5.58. The lowest BCUT2D eigenvalue weighted by Crippen LogP contribution is -2.43. The summed E-state index contributed by atoms with van der Waals surface area (Å²) in [6.45, 7) is 0.108. The average Bonchev–Trinajstić information content (AvgIpc) is 3.27. The first-order valence-corrected chi connectivity index (χ1v) is 10.1. The van der Waals surface area contributed by atoms with Crippen molar-refractivity contribution in [3.63, 3.8) is 0 Å². The molecule has 0 saturated carbocycles. The number of hydrazine groups is 1. The maximum Gasteiger partial charge on any atom is 0.270 e. The van der Waals surface area contributed by atoms with E-state index in [2.05, 4.69) is 26.8 Å². The molecule has 1 saturated heterocycles. The van der Waals surface area contributed by atoms with Gasteiger partial charge in [-0.3, -0.25) is 30.1 Å². The first-order valence-electron chi connectivity index (χ1n) is 8.08. The van der Waals surface area contributed by atoms with Gasteiger partial charge in [0.15, 0.2) is 0 Å². The zero-order valence-electron chi connectivity index (χ0n) is 14.3. The highest BCUT2D eigenvalue weighted by molar-refractivity contribution is 9.10. The van der Waals surface area contributed by atoms with Crippen molar-refractivity contribution in [1.29, 1.82) is 0 Å². The zero-order chi connectivity index (χ0) is 20.1. The van der Waals surface area contributed by atoms with Gasteiger partial charge in [-0.25, -0.2) is 0 Å². The molecule has 0 spiro atoms. The fourth-order valence-corrected chi connectivity index (χ4v) is 4.06. The second-order valence-corrected chi connectivity index (χ2v) is 8.11. The van der Waals surface area contributed by atoms with Crippen molar-refractivity contribution in [3.05, 3.63) is 63.4 Å². The highest BCUT2D eigenvalue weighted by atomic mass is 79.9. The SMILES string of the molecule is O=C(CCN1C(=O)/C(=C\c2ccco2)SC1=S)NNC(=O)c1ccccc1Br. The summed E-state index contributed by atoms with van der Waals surface area (Å²) in [7, 11) is 0. The lowest BCUT2D eigenvalue weighted by Gasteiger charge is -2.14. The molecule has 0 atom stereocenters. The van der Waals surface area contributed by atoms with Crippen LogP contribution in [0, 0.1) is 0 Å². The van der Waals surface area contributed by atoms with Crippen LogP contribution in [0.25, 0.3) is 6.08 Å². The van der Waals surface area contributed by atoms with E-state index in [0.29, 0.717) is 25.0 Å².